The van der Waals surface area contributed by atoms with Gasteiger partial charge in [0.25, 0.3) is 0 Å². The van der Waals surface area contributed by atoms with Crippen LogP contribution in [0, 0.1) is 18.1 Å². The molecule has 2 aliphatic rings. The van der Waals surface area contributed by atoms with Gasteiger partial charge in [0.2, 0.25) is 0 Å². The molecule has 4 nitrogen and oxygen atoms in total. The average Bonchev–Trinajstić information content (AvgIpc) is 2.50. The molecule has 0 aromatic carbocycles. The Morgan fingerprint density at radius 2 is 1.95 bits per heavy atom. The molecule has 0 radical (unpaired) electrons. The van der Waals surface area contributed by atoms with Gasteiger partial charge in [-0.25, -0.2) is 6.07 Å². The quantitative estimate of drug-likeness (QED) is 0.509. The number of hydrogen-bond donors (Lipinski definition) is 0. The van der Waals surface area contributed by atoms with Gasteiger partial charge < -0.3 is 14.5 Å². The minimum absolute atomic E-state index is 0. The molecule has 0 saturated carbocycles. The van der Waals surface area contributed by atoms with Crippen molar-refractivity contribution in [1.29, 1.82) is 0 Å². The third-order valence-electron chi connectivity index (χ3n) is 4.11. The van der Waals surface area contributed by atoms with Crippen LogP contribution in [0.5, 0.6) is 0 Å². The summed E-state index contributed by atoms with van der Waals surface area (Å²) >= 11 is 0. The monoisotopic (exact) mass is 387 g/mol. The third-order valence-corrected chi connectivity index (χ3v) is 4.11. The van der Waals surface area contributed by atoms with Crippen LogP contribution in [-0.2, 0) is 27.0 Å². The van der Waals surface area contributed by atoms with Gasteiger partial charge in [-0.1, -0.05) is 18.1 Å². The van der Waals surface area contributed by atoms with E-state index in [9.17, 15) is 4.79 Å². The average molecular weight is 388 g/mol. The summed E-state index contributed by atoms with van der Waals surface area (Å²) in [5, 5.41) is 0. The maximum absolute atomic E-state index is 11.7. The molecule has 2 atom stereocenters. The number of rotatable bonds is 0. The molecule has 4 rings (SSSR count). The van der Waals surface area contributed by atoms with E-state index in [1.807, 2.05) is 4.57 Å². The molecule has 0 aliphatic carbocycles. The second-order valence-electron chi connectivity index (χ2n) is 5.79. The zero-order valence-electron chi connectivity index (χ0n) is 12.5. The van der Waals surface area contributed by atoms with Crippen LogP contribution < -0.4 is 5.56 Å². The minimum Gasteiger partial charge on any atom is -0.391 e. The van der Waals surface area contributed by atoms with Crippen LogP contribution in [0.3, 0.4) is 0 Å². The van der Waals surface area contributed by atoms with Crippen molar-refractivity contribution in [2.45, 2.75) is 18.9 Å². The van der Waals surface area contributed by atoms with Crippen LogP contribution in [0.2, 0.25) is 0 Å². The van der Waals surface area contributed by atoms with Gasteiger partial charge in [-0.15, -0.1) is 0 Å². The summed E-state index contributed by atoms with van der Waals surface area (Å²) in [6.45, 7) is 3.09. The summed E-state index contributed by atoms with van der Waals surface area (Å²) in [7, 11) is 2.17. The first-order chi connectivity index (χ1) is 10.2. The van der Waals surface area contributed by atoms with Crippen LogP contribution >= 0.6 is 0 Å². The number of piperidine rings is 1. The number of nitrogens with zero attached hydrogens (tertiary/aromatic N) is 3. The number of hydrogen-bond acceptors (Lipinski definition) is 3. The molecule has 2 aromatic heterocycles. The molecule has 1 fully saturated rings. The second kappa shape index (κ2) is 7.83. The first-order valence-corrected chi connectivity index (χ1v) is 7.30. The molecule has 0 amide bonds. The van der Waals surface area contributed by atoms with Crippen molar-refractivity contribution in [3.63, 3.8) is 0 Å². The van der Waals surface area contributed by atoms with Crippen molar-refractivity contribution in [3.8, 4) is 0 Å². The van der Waals surface area contributed by atoms with Crippen molar-refractivity contribution < 1.29 is 20.4 Å². The van der Waals surface area contributed by atoms with E-state index in [0.29, 0.717) is 11.8 Å². The summed E-state index contributed by atoms with van der Waals surface area (Å²) in [4.78, 5) is 17.8. The molecular weight excluding hydrogens is 369 g/mol. The molecule has 118 valence electrons. The van der Waals surface area contributed by atoms with E-state index in [4.69, 9.17) is 0 Å². The van der Waals surface area contributed by atoms with Crippen LogP contribution in [-0.4, -0.2) is 34.6 Å². The summed E-state index contributed by atoms with van der Waals surface area (Å²) in [5.41, 5.74) is 1.26. The van der Waals surface area contributed by atoms with Gasteiger partial charge in [0.1, 0.15) is 0 Å². The standard InChI is InChI=1S/C12H15N2O.C5H4N.Pd/c1-13-6-9-5-10(8-13)11-3-2-4-12(15)14(11)7-9;1-2-4-6-5-3-1;/h2-3,9-10H,5-8H2,1H3;2-5H;/q2*-1;+2. The van der Waals surface area contributed by atoms with E-state index < -0.39 is 0 Å². The van der Waals surface area contributed by atoms with Gasteiger partial charge in [-0.2, -0.15) is 30.3 Å². The SMILES string of the molecule is CN1CC2CC(C1)c1cc[c-]c(=O)n1C2.[Pd+2].[c-]1ccncc1. The fourth-order valence-electron chi connectivity index (χ4n) is 3.35. The van der Waals surface area contributed by atoms with Gasteiger partial charge in [-0.3, -0.25) is 4.79 Å². The third kappa shape index (κ3) is 3.92. The van der Waals surface area contributed by atoms with Crippen LogP contribution in [0.15, 0.2) is 41.5 Å². The smallest absolute Gasteiger partial charge is 0.391 e. The molecule has 0 spiro atoms. The fourth-order valence-corrected chi connectivity index (χ4v) is 3.35. The van der Waals surface area contributed by atoms with E-state index in [2.05, 4.69) is 35.1 Å². The maximum atomic E-state index is 11.7. The Balaban J connectivity index is 0.000000215. The van der Waals surface area contributed by atoms with Crippen molar-refractivity contribution in [3.05, 3.63) is 64.8 Å². The Hall–Kier alpha value is -1.28. The van der Waals surface area contributed by atoms with E-state index in [1.165, 1.54) is 12.1 Å². The largest absolute Gasteiger partial charge is 2.00 e. The number of aromatic nitrogens is 2. The van der Waals surface area contributed by atoms with Crippen LogP contribution in [0.4, 0.5) is 0 Å². The van der Waals surface area contributed by atoms with Crippen LogP contribution in [0.1, 0.15) is 18.0 Å². The van der Waals surface area contributed by atoms with E-state index in [0.717, 1.165) is 19.6 Å². The number of pyridine rings is 2. The summed E-state index contributed by atoms with van der Waals surface area (Å²) in [6.07, 6.45) is 4.63. The predicted octanol–water partition coefficient (Wildman–Crippen LogP) is 1.58. The van der Waals surface area contributed by atoms with Gasteiger partial charge in [0.15, 0.2) is 5.56 Å². The minimum atomic E-state index is 0. The zero-order valence-corrected chi connectivity index (χ0v) is 14.1. The van der Waals surface area contributed by atoms with Crippen molar-refractivity contribution >= 4 is 0 Å². The molecule has 0 N–H and O–H groups in total. The molecule has 22 heavy (non-hydrogen) atoms. The molecule has 4 heterocycles. The number of likely N-dealkylation sites (tertiary alicyclic amines) is 1. The normalized spacial score (nSPS) is 22.6. The van der Waals surface area contributed by atoms with Crippen LogP contribution in [0.25, 0.3) is 0 Å². The molecule has 5 heteroatoms. The Morgan fingerprint density at radius 3 is 2.59 bits per heavy atom. The zero-order chi connectivity index (χ0) is 14.7. The maximum Gasteiger partial charge on any atom is 2.00 e. The number of likely N-dealkylation sites (N-methyl/N-ethyl adjacent to an activating group) is 1. The van der Waals surface area contributed by atoms with Crippen molar-refractivity contribution in [2.75, 3.05) is 20.1 Å². The Morgan fingerprint density at radius 1 is 1.18 bits per heavy atom. The van der Waals surface area contributed by atoms with Gasteiger partial charge >= 0.3 is 20.4 Å². The first kappa shape index (κ1) is 17.1. The molecule has 2 unspecified atom stereocenters. The molecule has 2 aromatic rings. The topological polar surface area (TPSA) is 38.1 Å². The van der Waals surface area contributed by atoms with Gasteiger partial charge in [0.05, 0.1) is 0 Å². The van der Waals surface area contributed by atoms with Crippen molar-refractivity contribution in [2.24, 2.45) is 5.92 Å². The molecule has 1 saturated heterocycles. The van der Waals surface area contributed by atoms with Crippen molar-refractivity contribution in [1.82, 2.24) is 14.5 Å². The van der Waals surface area contributed by atoms with Gasteiger partial charge in [0, 0.05) is 19.6 Å². The Kier molecular flexibility index (Phi) is 6.08. The van der Waals surface area contributed by atoms with E-state index in [1.54, 1.807) is 30.6 Å². The van der Waals surface area contributed by atoms with Gasteiger partial charge in [-0.05, 0) is 25.3 Å². The number of fused-ring (bicyclic) bond motifs is 4. The molecule has 2 aliphatic heterocycles. The molecule has 2 bridgehead atoms. The second-order valence-corrected chi connectivity index (χ2v) is 5.79. The summed E-state index contributed by atoms with van der Waals surface area (Å²) in [6, 6.07) is 12.9. The summed E-state index contributed by atoms with van der Waals surface area (Å²) < 4.78 is 1.92. The first-order valence-electron chi connectivity index (χ1n) is 7.30. The van der Waals surface area contributed by atoms with E-state index >= 15 is 0 Å². The Labute approximate surface area is 144 Å². The predicted molar refractivity (Wildman–Crippen MR) is 81.0 cm³/mol. The summed E-state index contributed by atoms with van der Waals surface area (Å²) in [5.74, 6) is 1.19. The Bertz CT molecular complexity index is 617. The fraction of sp³-hybridized carbons (Fsp3) is 0.412. The molecular formula is C17H19N3OPd. The van der Waals surface area contributed by atoms with E-state index in [-0.39, 0.29) is 26.0 Å².